The Morgan fingerprint density at radius 2 is 1.82 bits per heavy atom. The summed E-state index contributed by atoms with van der Waals surface area (Å²) in [6, 6.07) is 12.1. The van der Waals surface area contributed by atoms with E-state index in [-0.39, 0.29) is 17.9 Å². The number of fused-ring (bicyclic) bond motifs is 2. The first-order valence-corrected chi connectivity index (χ1v) is 11.2. The number of likely N-dealkylation sites (tertiary alicyclic amines) is 1. The third kappa shape index (κ3) is 3.20. The van der Waals surface area contributed by atoms with E-state index in [0.717, 1.165) is 5.56 Å². The number of benzene rings is 2. The van der Waals surface area contributed by atoms with Crippen molar-refractivity contribution in [3.8, 4) is 5.75 Å². The first kappa shape index (κ1) is 23.5. The molecule has 0 radical (unpaired) electrons. The normalized spacial score (nSPS) is 21.2. The van der Waals surface area contributed by atoms with Gasteiger partial charge < -0.3 is 24.5 Å². The number of carbonyl (C=O) groups is 3. The molecule has 0 bridgehead atoms. The Balaban J connectivity index is 2.04. The lowest BCUT2D eigenvalue weighted by atomic mass is 9.81. The average Bonchev–Trinajstić information content (AvgIpc) is 3.19. The highest BCUT2D eigenvalue weighted by atomic mass is 16.5. The highest BCUT2D eigenvalue weighted by Gasteiger charge is 2.66. The Bertz CT molecular complexity index is 1220. The van der Waals surface area contributed by atoms with Crippen LogP contribution in [0.15, 0.2) is 48.0 Å². The van der Waals surface area contributed by atoms with E-state index in [1.54, 1.807) is 48.4 Å². The fourth-order valence-electron chi connectivity index (χ4n) is 4.95. The number of anilines is 1. The van der Waals surface area contributed by atoms with E-state index in [9.17, 15) is 19.5 Å². The number of Topliss-reactive ketones (excluding diaryl/α,β-unsaturated/α-hetero) is 1. The van der Waals surface area contributed by atoms with Crippen molar-refractivity contribution < 1.29 is 24.2 Å². The number of carbonyl (C=O) groups excluding carboxylic acids is 3. The quantitative estimate of drug-likeness (QED) is 0.402. The Kier molecular flexibility index (Phi) is 5.95. The van der Waals surface area contributed by atoms with Crippen LogP contribution in [0.2, 0.25) is 0 Å². The monoisotopic (exact) mass is 463 g/mol. The van der Waals surface area contributed by atoms with Crippen LogP contribution in [0.4, 0.5) is 5.69 Å². The zero-order valence-corrected chi connectivity index (χ0v) is 20.1. The third-order valence-electron chi connectivity index (χ3n) is 6.56. The molecule has 1 atom stereocenters. The van der Waals surface area contributed by atoms with Gasteiger partial charge in [0.05, 0.1) is 18.4 Å². The van der Waals surface area contributed by atoms with Crippen LogP contribution < -0.4 is 9.64 Å². The van der Waals surface area contributed by atoms with Crippen molar-refractivity contribution >= 4 is 29.0 Å². The molecule has 1 saturated heterocycles. The van der Waals surface area contributed by atoms with Gasteiger partial charge in [0, 0.05) is 30.8 Å². The number of aryl methyl sites for hydroxylation is 1. The van der Waals surface area contributed by atoms with Crippen molar-refractivity contribution in [3.05, 3.63) is 64.7 Å². The minimum absolute atomic E-state index is 0.146. The molecule has 0 unspecified atom stereocenters. The van der Waals surface area contributed by atoms with Crippen molar-refractivity contribution in [1.29, 1.82) is 0 Å². The number of aliphatic hydroxyl groups is 1. The van der Waals surface area contributed by atoms with Crippen LogP contribution in [0.25, 0.3) is 5.76 Å². The maximum absolute atomic E-state index is 14.1. The largest absolute Gasteiger partial charge is 0.507 e. The number of nitrogens with zero attached hydrogens (tertiary/aromatic N) is 3. The highest BCUT2D eigenvalue weighted by Crippen LogP contribution is 2.53. The summed E-state index contributed by atoms with van der Waals surface area (Å²) in [5, 5.41) is 11.5. The van der Waals surface area contributed by atoms with Crippen LogP contribution in [-0.2, 0) is 19.9 Å². The summed E-state index contributed by atoms with van der Waals surface area (Å²) in [5.41, 5.74) is 0.304. The van der Waals surface area contributed by atoms with Gasteiger partial charge in [-0.25, -0.2) is 0 Å². The van der Waals surface area contributed by atoms with E-state index in [1.807, 2.05) is 38.9 Å². The van der Waals surface area contributed by atoms with Gasteiger partial charge in [-0.1, -0.05) is 18.2 Å². The van der Waals surface area contributed by atoms with E-state index >= 15 is 0 Å². The average molecular weight is 464 g/mol. The van der Waals surface area contributed by atoms with Gasteiger partial charge in [0.25, 0.3) is 17.6 Å². The summed E-state index contributed by atoms with van der Waals surface area (Å²) in [6.45, 7) is 4.60. The Morgan fingerprint density at radius 3 is 2.44 bits per heavy atom. The van der Waals surface area contributed by atoms with E-state index in [2.05, 4.69) is 0 Å². The van der Waals surface area contributed by atoms with Gasteiger partial charge in [0.15, 0.2) is 5.54 Å². The van der Waals surface area contributed by atoms with Crippen LogP contribution in [0.5, 0.6) is 5.75 Å². The molecule has 4 rings (SSSR count). The van der Waals surface area contributed by atoms with Gasteiger partial charge in [-0.15, -0.1) is 0 Å². The maximum atomic E-state index is 14.1. The van der Waals surface area contributed by atoms with Gasteiger partial charge in [-0.05, 0) is 57.8 Å². The Hall–Kier alpha value is -3.65. The van der Waals surface area contributed by atoms with Crippen LogP contribution in [0, 0.1) is 6.92 Å². The molecule has 2 aliphatic heterocycles. The summed E-state index contributed by atoms with van der Waals surface area (Å²) in [5.74, 6) is -1.84. The van der Waals surface area contributed by atoms with Gasteiger partial charge in [-0.2, -0.15) is 0 Å². The second-order valence-electron chi connectivity index (χ2n) is 8.77. The van der Waals surface area contributed by atoms with Gasteiger partial charge in [-0.3, -0.25) is 14.4 Å². The number of methoxy groups -OCH3 is 1. The van der Waals surface area contributed by atoms with Crippen molar-refractivity contribution in [2.24, 2.45) is 0 Å². The van der Waals surface area contributed by atoms with Crippen LogP contribution in [-0.4, -0.2) is 73.3 Å². The molecular formula is C26H29N3O5. The van der Waals surface area contributed by atoms with Gasteiger partial charge in [0.1, 0.15) is 11.5 Å². The highest BCUT2D eigenvalue weighted by molar-refractivity contribution is 6.50. The van der Waals surface area contributed by atoms with Crippen LogP contribution in [0.1, 0.15) is 23.6 Å². The molecule has 0 saturated carbocycles. The lowest BCUT2D eigenvalue weighted by Gasteiger charge is -2.35. The minimum atomic E-state index is -1.73. The van der Waals surface area contributed by atoms with E-state index in [1.165, 1.54) is 4.90 Å². The number of para-hydroxylation sites is 1. The molecule has 8 nitrogen and oxygen atoms in total. The molecule has 1 spiro atoms. The summed E-state index contributed by atoms with van der Waals surface area (Å²) in [4.78, 5) is 45.7. The van der Waals surface area contributed by atoms with Crippen molar-refractivity contribution in [2.45, 2.75) is 19.4 Å². The minimum Gasteiger partial charge on any atom is -0.507 e. The summed E-state index contributed by atoms with van der Waals surface area (Å²) in [7, 11) is 5.25. The topological polar surface area (TPSA) is 90.4 Å². The predicted molar refractivity (Wildman–Crippen MR) is 129 cm³/mol. The molecule has 2 aromatic rings. The summed E-state index contributed by atoms with van der Waals surface area (Å²) >= 11 is 0. The van der Waals surface area contributed by atoms with E-state index in [4.69, 9.17) is 4.74 Å². The molecule has 2 aliphatic rings. The first-order chi connectivity index (χ1) is 16.2. The molecule has 2 amide bonds. The van der Waals surface area contributed by atoms with Crippen molar-refractivity contribution in [1.82, 2.24) is 9.80 Å². The Labute approximate surface area is 199 Å². The van der Waals surface area contributed by atoms with Gasteiger partial charge in [0.2, 0.25) is 0 Å². The van der Waals surface area contributed by atoms with Gasteiger partial charge >= 0.3 is 0 Å². The second kappa shape index (κ2) is 8.61. The maximum Gasteiger partial charge on any atom is 0.296 e. The molecular weight excluding hydrogens is 434 g/mol. The third-order valence-corrected chi connectivity index (χ3v) is 6.56. The lowest BCUT2D eigenvalue weighted by molar-refractivity contribution is -0.143. The second-order valence-corrected chi connectivity index (χ2v) is 8.77. The molecule has 2 aromatic carbocycles. The number of aliphatic hydroxyl groups excluding tert-OH is 1. The number of hydrogen-bond acceptors (Lipinski definition) is 6. The van der Waals surface area contributed by atoms with Crippen molar-refractivity contribution in [3.63, 3.8) is 0 Å². The number of likely N-dealkylation sites (N-methyl/N-ethyl adjacent to an activating group) is 2. The van der Waals surface area contributed by atoms with Crippen LogP contribution in [0.3, 0.4) is 0 Å². The molecule has 0 aromatic heterocycles. The van der Waals surface area contributed by atoms with Crippen molar-refractivity contribution in [2.75, 3.05) is 45.7 Å². The Morgan fingerprint density at radius 1 is 1.12 bits per heavy atom. The molecule has 1 N–H and O–H groups in total. The first-order valence-electron chi connectivity index (χ1n) is 11.2. The standard InChI is InChI=1S/C26H29N3O5/c1-6-28-19-10-8-7-9-18(19)26(25(28)33)21(23(31)24(32)29(26)14-13-27(3)4)22(30)17-11-12-20(34-5)16(2)15-17/h7-12,15,30H,6,13-14H2,1-5H3/t26-/m1/s1. The number of ketones is 1. The molecule has 8 heteroatoms. The lowest BCUT2D eigenvalue weighted by Crippen LogP contribution is -2.53. The summed E-state index contributed by atoms with van der Waals surface area (Å²) in [6.07, 6.45) is 0. The smallest absolute Gasteiger partial charge is 0.296 e. The van der Waals surface area contributed by atoms with E-state index in [0.29, 0.717) is 35.7 Å². The summed E-state index contributed by atoms with van der Waals surface area (Å²) < 4.78 is 5.31. The number of amides is 2. The fraction of sp³-hybridized carbons (Fsp3) is 0.346. The number of hydrogen-bond donors (Lipinski definition) is 1. The molecule has 178 valence electrons. The van der Waals surface area contributed by atoms with E-state index < -0.39 is 23.1 Å². The molecule has 2 heterocycles. The van der Waals surface area contributed by atoms with Crippen LogP contribution >= 0.6 is 0 Å². The fourth-order valence-corrected chi connectivity index (χ4v) is 4.95. The molecule has 0 aliphatic carbocycles. The zero-order valence-electron chi connectivity index (χ0n) is 20.1. The predicted octanol–water partition coefficient (Wildman–Crippen LogP) is 2.51. The molecule has 34 heavy (non-hydrogen) atoms. The number of rotatable bonds is 6. The SMILES string of the molecule is CCN1C(=O)[C@]2(C(=C(O)c3ccc(OC)c(C)c3)C(=O)C(=O)N2CCN(C)C)c2ccccc21. The molecule has 1 fully saturated rings. The zero-order chi connectivity index (χ0) is 24.8. The number of ether oxygens (including phenoxy) is 1.